The zero-order chi connectivity index (χ0) is 13.1. The molecule has 0 bridgehead atoms. The Bertz CT molecular complexity index is 458. The van der Waals surface area contributed by atoms with Crippen molar-refractivity contribution in [2.45, 2.75) is 6.10 Å². The molecule has 0 aromatic heterocycles. The molecule has 6 heteroatoms. The number of halogens is 3. The van der Waals surface area contributed by atoms with Crippen molar-refractivity contribution in [3.8, 4) is 0 Å². The Morgan fingerprint density at radius 1 is 1.61 bits per heavy atom. The second-order valence-electron chi connectivity index (χ2n) is 4.03. The predicted molar refractivity (Wildman–Crippen MR) is 83.6 cm³/mol. The lowest BCUT2D eigenvalue weighted by Gasteiger charge is -2.32. The van der Waals surface area contributed by atoms with E-state index >= 15 is 0 Å². The van der Waals surface area contributed by atoms with Crippen molar-refractivity contribution < 1.29 is 9.53 Å². The summed E-state index contributed by atoms with van der Waals surface area (Å²) in [5.74, 6) is 0.0163. The quantitative estimate of drug-likeness (QED) is 0.518. The van der Waals surface area contributed by atoms with Crippen molar-refractivity contribution in [1.29, 1.82) is 0 Å². The standard InChI is InChI=1S/C12H12BrClINO2/c13-6-9-7-16(3-4-18-9)12(17)8-1-2-11(15)10(14)5-8/h1-2,5,9H,3-4,6-7H2. The monoisotopic (exact) mass is 443 g/mol. The molecule has 0 spiro atoms. The summed E-state index contributed by atoms with van der Waals surface area (Å²) in [6.07, 6.45) is 0.0713. The SMILES string of the molecule is O=C(c1ccc(I)c(Cl)c1)N1CCOC(CBr)C1. The number of hydrogen-bond acceptors (Lipinski definition) is 2. The number of nitrogens with zero attached hydrogens (tertiary/aromatic N) is 1. The third-order valence-corrected chi connectivity index (χ3v) is 5.06. The minimum atomic E-state index is 0.0163. The summed E-state index contributed by atoms with van der Waals surface area (Å²) in [7, 11) is 0. The van der Waals surface area contributed by atoms with Gasteiger partial charge in [0.15, 0.2) is 0 Å². The normalized spacial score (nSPS) is 19.9. The first kappa shape index (κ1) is 14.6. The predicted octanol–water partition coefficient (Wildman–Crippen LogP) is 3.18. The Balaban J connectivity index is 2.12. The summed E-state index contributed by atoms with van der Waals surface area (Å²) in [6.45, 7) is 1.83. The van der Waals surface area contributed by atoms with Crippen molar-refractivity contribution in [1.82, 2.24) is 4.90 Å². The molecule has 1 saturated heterocycles. The fourth-order valence-corrected chi connectivity index (χ4v) is 2.72. The number of hydrogen-bond donors (Lipinski definition) is 0. The van der Waals surface area contributed by atoms with E-state index in [2.05, 4.69) is 38.5 Å². The van der Waals surface area contributed by atoms with Gasteiger partial charge in [0.05, 0.1) is 17.7 Å². The lowest BCUT2D eigenvalue weighted by atomic mass is 10.2. The summed E-state index contributed by atoms with van der Waals surface area (Å²) < 4.78 is 6.47. The van der Waals surface area contributed by atoms with Crippen LogP contribution >= 0.6 is 50.1 Å². The van der Waals surface area contributed by atoms with Crippen molar-refractivity contribution >= 4 is 56.0 Å². The summed E-state index contributed by atoms with van der Waals surface area (Å²) in [5, 5.41) is 1.36. The largest absolute Gasteiger partial charge is 0.374 e. The van der Waals surface area contributed by atoms with Gasteiger partial charge in [0, 0.05) is 27.6 Å². The van der Waals surface area contributed by atoms with E-state index in [1.54, 1.807) is 6.07 Å². The van der Waals surface area contributed by atoms with Crippen LogP contribution in [0.2, 0.25) is 5.02 Å². The number of alkyl halides is 1. The lowest BCUT2D eigenvalue weighted by Crippen LogP contribution is -2.46. The molecular formula is C12H12BrClINO2. The highest BCUT2D eigenvalue weighted by atomic mass is 127. The molecule has 98 valence electrons. The maximum absolute atomic E-state index is 12.3. The maximum Gasteiger partial charge on any atom is 0.254 e. The fraction of sp³-hybridized carbons (Fsp3) is 0.417. The van der Waals surface area contributed by atoms with Crippen molar-refractivity contribution in [2.24, 2.45) is 0 Å². The number of benzene rings is 1. The van der Waals surface area contributed by atoms with E-state index in [1.807, 2.05) is 17.0 Å². The first-order chi connectivity index (χ1) is 8.61. The molecule has 1 aliphatic heterocycles. The number of carbonyl (C=O) groups excluding carboxylic acids is 1. The molecular weight excluding hydrogens is 432 g/mol. The molecule has 0 saturated carbocycles. The lowest BCUT2D eigenvalue weighted by molar-refractivity contribution is -0.00964. The average molecular weight is 444 g/mol. The van der Waals surface area contributed by atoms with Gasteiger partial charge in [-0.2, -0.15) is 0 Å². The van der Waals surface area contributed by atoms with Crippen LogP contribution in [0.3, 0.4) is 0 Å². The second kappa shape index (κ2) is 6.54. The zero-order valence-corrected chi connectivity index (χ0v) is 14.0. The Morgan fingerprint density at radius 2 is 2.39 bits per heavy atom. The molecule has 1 aliphatic rings. The van der Waals surface area contributed by atoms with Gasteiger partial charge < -0.3 is 9.64 Å². The third kappa shape index (κ3) is 3.37. The molecule has 1 amide bonds. The van der Waals surface area contributed by atoms with Gasteiger partial charge in [-0.1, -0.05) is 27.5 Å². The highest BCUT2D eigenvalue weighted by Gasteiger charge is 2.24. The Hall–Kier alpha value is 0.150. The number of amides is 1. The first-order valence-electron chi connectivity index (χ1n) is 5.53. The van der Waals surface area contributed by atoms with E-state index in [0.717, 1.165) is 8.90 Å². The summed E-state index contributed by atoms with van der Waals surface area (Å²) in [4.78, 5) is 14.1. The van der Waals surface area contributed by atoms with E-state index in [0.29, 0.717) is 30.3 Å². The maximum atomic E-state index is 12.3. The second-order valence-corrected chi connectivity index (χ2v) is 6.24. The molecule has 0 N–H and O–H groups in total. The van der Waals surface area contributed by atoms with Crippen LogP contribution in [0.1, 0.15) is 10.4 Å². The van der Waals surface area contributed by atoms with E-state index in [9.17, 15) is 4.79 Å². The highest BCUT2D eigenvalue weighted by Crippen LogP contribution is 2.21. The molecule has 3 nitrogen and oxygen atoms in total. The third-order valence-electron chi connectivity index (χ3n) is 2.76. The van der Waals surface area contributed by atoms with Gasteiger partial charge in [-0.15, -0.1) is 0 Å². The number of rotatable bonds is 2. The molecule has 1 fully saturated rings. The van der Waals surface area contributed by atoms with Crippen LogP contribution in [0.4, 0.5) is 0 Å². The van der Waals surface area contributed by atoms with Gasteiger partial charge >= 0.3 is 0 Å². The number of morpholine rings is 1. The molecule has 1 heterocycles. The molecule has 2 rings (SSSR count). The van der Waals surface area contributed by atoms with Crippen LogP contribution in [-0.2, 0) is 4.74 Å². The fourth-order valence-electron chi connectivity index (χ4n) is 1.81. The molecule has 1 aromatic carbocycles. The minimum absolute atomic E-state index is 0.0163. The number of carbonyl (C=O) groups is 1. The van der Waals surface area contributed by atoms with E-state index in [-0.39, 0.29) is 12.0 Å². The Labute approximate surface area is 133 Å². The molecule has 0 radical (unpaired) electrons. The summed E-state index contributed by atoms with van der Waals surface area (Å²) >= 11 is 11.6. The van der Waals surface area contributed by atoms with E-state index < -0.39 is 0 Å². The van der Waals surface area contributed by atoms with Crippen LogP contribution in [0.25, 0.3) is 0 Å². The average Bonchev–Trinajstić information content (AvgIpc) is 2.41. The summed E-state index contributed by atoms with van der Waals surface area (Å²) in [5.41, 5.74) is 0.635. The van der Waals surface area contributed by atoms with Gasteiger partial charge in [0.1, 0.15) is 0 Å². The van der Waals surface area contributed by atoms with Gasteiger partial charge in [0.25, 0.3) is 5.91 Å². The minimum Gasteiger partial charge on any atom is -0.374 e. The van der Waals surface area contributed by atoms with Crippen LogP contribution < -0.4 is 0 Å². The van der Waals surface area contributed by atoms with Crippen molar-refractivity contribution in [2.75, 3.05) is 25.0 Å². The van der Waals surface area contributed by atoms with Crippen LogP contribution in [0, 0.1) is 3.57 Å². The van der Waals surface area contributed by atoms with Gasteiger partial charge in [-0.3, -0.25) is 4.79 Å². The number of ether oxygens (including phenoxy) is 1. The van der Waals surface area contributed by atoms with Crippen molar-refractivity contribution in [3.05, 3.63) is 32.4 Å². The van der Waals surface area contributed by atoms with Crippen LogP contribution in [0.5, 0.6) is 0 Å². The van der Waals surface area contributed by atoms with Gasteiger partial charge in [-0.25, -0.2) is 0 Å². The highest BCUT2D eigenvalue weighted by molar-refractivity contribution is 14.1. The topological polar surface area (TPSA) is 29.5 Å². The Morgan fingerprint density at radius 3 is 3.06 bits per heavy atom. The van der Waals surface area contributed by atoms with Gasteiger partial charge in [0.2, 0.25) is 0 Å². The molecule has 1 aromatic rings. The first-order valence-corrected chi connectivity index (χ1v) is 8.11. The Kier molecular flexibility index (Phi) is 5.29. The van der Waals surface area contributed by atoms with Gasteiger partial charge in [-0.05, 0) is 40.8 Å². The molecule has 1 atom stereocenters. The molecule has 18 heavy (non-hydrogen) atoms. The molecule has 1 unspecified atom stereocenters. The molecule has 0 aliphatic carbocycles. The zero-order valence-electron chi connectivity index (χ0n) is 9.54. The summed E-state index contributed by atoms with van der Waals surface area (Å²) in [6, 6.07) is 5.40. The van der Waals surface area contributed by atoms with Crippen LogP contribution in [-0.4, -0.2) is 41.9 Å². The van der Waals surface area contributed by atoms with E-state index in [4.69, 9.17) is 16.3 Å². The van der Waals surface area contributed by atoms with Crippen LogP contribution in [0.15, 0.2) is 18.2 Å². The van der Waals surface area contributed by atoms with Crippen molar-refractivity contribution in [3.63, 3.8) is 0 Å². The van der Waals surface area contributed by atoms with E-state index in [1.165, 1.54) is 0 Å². The smallest absolute Gasteiger partial charge is 0.254 e.